The lowest BCUT2D eigenvalue weighted by molar-refractivity contribution is -0.119. The molecule has 2 aromatic rings. The van der Waals surface area contributed by atoms with Crippen molar-refractivity contribution in [2.24, 2.45) is 0 Å². The maximum Gasteiger partial charge on any atom is 0.261 e. The number of rotatable bonds is 3. The zero-order valence-electron chi connectivity index (χ0n) is 14.5. The van der Waals surface area contributed by atoms with Crippen LogP contribution in [0.1, 0.15) is 36.0 Å². The molecule has 7 heteroatoms. The van der Waals surface area contributed by atoms with Crippen LogP contribution in [0.5, 0.6) is 0 Å². The third-order valence-electron chi connectivity index (χ3n) is 5.13. The van der Waals surface area contributed by atoms with Gasteiger partial charge in [-0.1, -0.05) is 17.7 Å². The first kappa shape index (κ1) is 17.4. The van der Waals surface area contributed by atoms with Crippen LogP contribution >= 0.6 is 11.6 Å². The van der Waals surface area contributed by atoms with Crippen molar-refractivity contribution in [1.29, 1.82) is 0 Å². The summed E-state index contributed by atoms with van der Waals surface area (Å²) in [5, 5.41) is 0.504. The number of benzene rings is 2. The maximum absolute atomic E-state index is 12.9. The SMILES string of the molecule is Cc1ccc(NS(=O)(=O)c2cc3c4c(c2)[C@@H](C)C(=O)N4CCC3)cc1Cl. The molecule has 0 spiro atoms. The van der Waals surface area contributed by atoms with Crippen LogP contribution in [-0.4, -0.2) is 20.9 Å². The molecule has 2 heterocycles. The van der Waals surface area contributed by atoms with Gasteiger partial charge in [0.15, 0.2) is 0 Å². The van der Waals surface area contributed by atoms with E-state index in [1.54, 1.807) is 35.2 Å². The van der Waals surface area contributed by atoms with Crippen LogP contribution in [-0.2, 0) is 21.2 Å². The molecule has 0 bridgehead atoms. The van der Waals surface area contributed by atoms with E-state index in [0.29, 0.717) is 17.3 Å². The van der Waals surface area contributed by atoms with Crippen molar-refractivity contribution in [3.05, 3.63) is 52.0 Å². The Morgan fingerprint density at radius 3 is 2.73 bits per heavy atom. The molecule has 0 aromatic heterocycles. The van der Waals surface area contributed by atoms with Gasteiger partial charge in [0.05, 0.1) is 22.2 Å². The molecular formula is C19H19ClN2O3S. The first-order valence-corrected chi connectivity index (χ1v) is 10.4. The molecule has 0 saturated carbocycles. The minimum absolute atomic E-state index is 0.0498. The van der Waals surface area contributed by atoms with Gasteiger partial charge in [0.2, 0.25) is 5.91 Å². The molecule has 2 aliphatic rings. The highest BCUT2D eigenvalue weighted by molar-refractivity contribution is 7.92. The van der Waals surface area contributed by atoms with Gasteiger partial charge >= 0.3 is 0 Å². The summed E-state index contributed by atoms with van der Waals surface area (Å²) < 4.78 is 28.4. The third-order valence-corrected chi connectivity index (χ3v) is 6.89. The van der Waals surface area contributed by atoms with Crippen molar-refractivity contribution in [2.75, 3.05) is 16.2 Å². The summed E-state index contributed by atoms with van der Waals surface area (Å²) in [5.74, 6) is -0.264. The summed E-state index contributed by atoms with van der Waals surface area (Å²) in [4.78, 5) is 14.4. The summed E-state index contributed by atoms with van der Waals surface area (Å²) >= 11 is 6.09. The van der Waals surface area contributed by atoms with Crippen molar-refractivity contribution in [1.82, 2.24) is 0 Å². The lowest BCUT2D eigenvalue weighted by Gasteiger charge is -2.26. The Morgan fingerprint density at radius 2 is 2.00 bits per heavy atom. The number of halogens is 1. The first-order valence-electron chi connectivity index (χ1n) is 8.55. The smallest absolute Gasteiger partial charge is 0.261 e. The molecule has 2 aromatic carbocycles. The molecule has 0 fully saturated rings. The van der Waals surface area contributed by atoms with Crippen LogP contribution in [0, 0.1) is 6.92 Å². The predicted octanol–water partition coefficient (Wildman–Crippen LogP) is 3.85. The van der Waals surface area contributed by atoms with Gasteiger partial charge in [-0.2, -0.15) is 0 Å². The molecule has 0 radical (unpaired) electrons. The fourth-order valence-electron chi connectivity index (χ4n) is 3.69. The van der Waals surface area contributed by atoms with Gasteiger partial charge in [-0.05, 0) is 67.6 Å². The van der Waals surface area contributed by atoms with Gasteiger partial charge in [0, 0.05) is 11.6 Å². The second kappa shape index (κ2) is 5.99. The highest BCUT2D eigenvalue weighted by Crippen LogP contribution is 2.44. The summed E-state index contributed by atoms with van der Waals surface area (Å²) in [7, 11) is -3.77. The van der Waals surface area contributed by atoms with E-state index in [1.165, 1.54) is 0 Å². The van der Waals surface area contributed by atoms with E-state index in [4.69, 9.17) is 11.6 Å². The number of carbonyl (C=O) groups excluding carboxylic acids is 1. The predicted molar refractivity (Wildman–Crippen MR) is 103 cm³/mol. The Kier molecular flexibility index (Phi) is 4.00. The Balaban J connectivity index is 1.76. The van der Waals surface area contributed by atoms with E-state index in [2.05, 4.69) is 4.72 Å². The van der Waals surface area contributed by atoms with Gasteiger partial charge < -0.3 is 4.90 Å². The van der Waals surface area contributed by atoms with E-state index in [0.717, 1.165) is 35.2 Å². The first-order chi connectivity index (χ1) is 12.3. The number of amides is 1. The molecule has 0 aliphatic carbocycles. The van der Waals surface area contributed by atoms with Crippen LogP contribution in [0.25, 0.3) is 0 Å². The summed E-state index contributed by atoms with van der Waals surface area (Å²) in [6, 6.07) is 8.37. The van der Waals surface area contributed by atoms with E-state index in [1.807, 2.05) is 13.8 Å². The second-order valence-electron chi connectivity index (χ2n) is 6.90. The third kappa shape index (κ3) is 2.68. The van der Waals surface area contributed by atoms with Crippen LogP contribution in [0.3, 0.4) is 0 Å². The molecule has 1 N–H and O–H groups in total. The average molecular weight is 391 g/mol. The Labute approximate surface area is 158 Å². The number of aryl methyl sites for hydroxylation is 2. The topological polar surface area (TPSA) is 66.5 Å². The number of sulfonamides is 1. The summed E-state index contributed by atoms with van der Waals surface area (Å²) in [5.41, 5.74) is 3.93. The second-order valence-corrected chi connectivity index (χ2v) is 8.99. The minimum atomic E-state index is -3.77. The van der Waals surface area contributed by atoms with Crippen LogP contribution in [0.15, 0.2) is 35.2 Å². The normalized spacial score (nSPS) is 18.8. The fraction of sp³-hybridized carbons (Fsp3) is 0.316. The number of hydrogen-bond acceptors (Lipinski definition) is 3. The molecule has 0 saturated heterocycles. The fourth-order valence-corrected chi connectivity index (χ4v) is 5.01. The minimum Gasteiger partial charge on any atom is -0.311 e. The quantitative estimate of drug-likeness (QED) is 0.865. The van der Waals surface area contributed by atoms with Crippen LogP contribution < -0.4 is 9.62 Å². The molecule has 136 valence electrons. The average Bonchev–Trinajstić information content (AvgIpc) is 2.85. The molecule has 2 aliphatic heterocycles. The Morgan fingerprint density at radius 1 is 1.23 bits per heavy atom. The monoisotopic (exact) mass is 390 g/mol. The molecule has 26 heavy (non-hydrogen) atoms. The van der Waals surface area contributed by atoms with E-state index >= 15 is 0 Å². The lowest BCUT2D eigenvalue weighted by atomic mass is 9.97. The molecule has 1 atom stereocenters. The number of anilines is 2. The largest absolute Gasteiger partial charge is 0.311 e. The van der Waals surface area contributed by atoms with Crippen molar-refractivity contribution >= 4 is 38.9 Å². The zero-order chi connectivity index (χ0) is 18.6. The van der Waals surface area contributed by atoms with Crippen molar-refractivity contribution in [3.8, 4) is 0 Å². The molecule has 0 unspecified atom stereocenters. The van der Waals surface area contributed by atoms with Gasteiger partial charge in [-0.3, -0.25) is 9.52 Å². The summed E-state index contributed by atoms with van der Waals surface area (Å²) in [6.45, 7) is 4.39. The van der Waals surface area contributed by atoms with Crippen molar-refractivity contribution in [2.45, 2.75) is 37.5 Å². The maximum atomic E-state index is 12.9. The summed E-state index contributed by atoms with van der Waals surface area (Å²) in [6.07, 6.45) is 1.62. The zero-order valence-corrected chi connectivity index (χ0v) is 16.1. The Bertz CT molecular complexity index is 1030. The van der Waals surface area contributed by atoms with Gasteiger partial charge in [0.25, 0.3) is 10.0 Å². The lowest BCUT2D eigenvalue weighted by Crippen LogP contribution is -2.32. The van der Waals surface area contributed by atoms with E-state index in [-0.39, 0.29) is 16.7 Å². The van der Waals surface area contributed by atoms with Gasteiger partial charge in [0.1, 0.15) is 0 Å². The highest BCUT2D eigenvalue weighted by atomic mass is 35.5. The highest BCUT2D eigenvalue weighted by Gasteiger charge is 2.38. The number of carbonyl (C=O) groups is 1. The van der Waals surface area contributed by atoms with Crippen LogP contribution in [0.4, 0.5) is 11.4 Å². The van der Waals surface area contributed by atoms with Gasteiger partial charge in [-0.15, -0.1) is 0 Å². The molecular weight excluding hydrogens is 372 g/mol. The van der Waals surface area contributed by atoms with Crippen molar-refractivity contribution < 1.29 is 13.2 Å². The number of hydrogen-bond donors (Lipinski definition) is 1. The Hall–Kier alpha value is -2.05. The van der Waals surface area contributed by atoms with E-state index < -0.39 is 10.0 Å². The molecule has 5 nitrogen and oxygen atoms in total. The standard InChI is InChI=1S/C19H19ClN2O3S/c1-11-5-6-14(9-17(11)20)21-26(24,25)15-8-13-4-3-7-22-18(13)16(10-15)12(2)19(22)23/h5-6,8-10,12,21H,3-4,7H2,1-2H3/t12-/m1/s1. The van der Waals surface area contributed by atoms with Crippen LogP contribution in [0.2, 0.25) is 5.02 Å². The molecule has 1 amide bonds. The molecule has 4 rings (SSSR count). The van der Waals surface area contributed by atoms with Gasteiger partial charge in [-0.25, -0.2) is 8.42 Å². The number of nitrogens with one attached hydrogen (secondary N) is 1. The number of nitrogens with zero attached hydrogens (tertiary/aromatic N) is 1. The van der Waals surface area contributed by atoms with Crippen molar-refractivity contribution in [3.63, 3.8) is 0 Å². The van der Waals surface area contributed by atoms with E-state index in [9.17, 15) is 13.2 Å².